The molecule has 0 spiro atoms. The van der Waals surface area contributed by atoms with Gasteiger partial charge in [-0.1, -0.05) is 15.9 Å². The van der Waals surface area contributed by atoms with Crippen molar-refractivity contribution >= 4 is 15.9 Å². The zero-order chi connectivity index (χ0) is 13.1. The number of aliphatic hydroxyl groups is 1. The van der Waals surface area contributed by atoms with Gasteiger partial charge in [0.2, 0.25) is 0 Å². The van der Waals surface area contributed by atoms with E-state index in [1.54, 1.807) is 18.5 Å². The molecule has 0 aliphatic heterocycles. The summed E-state index contributed by atoms with van der Waals surface area (Å²) >= 11 is 3.32. The van der Waals surface area contributed by atoms with Crippen LogP contribution in [0.5, 0.6) is 0 Å². The largest absolute Gasteiger partial charge is 0.385 e. The third-order valence-electron chi connectivity index (χ3n) is 2.52. The van der Waals surface area contributed by atoms with Crippen LogP contribution in [0.1, 0.15) is 23.1 Å². The number of aryl methyl sites for hydroxylation is 1. The van der Waals surface area contributed by atoms with Crippen LogP contribution in [0.2, 0.25) is 0 Å². The summed E-state index contributed by atoms with van der Waals surface area (Å²) in [5.74, 6) is 0.0157. The maximum absolute atomic E-state index is 13.1. The predicted molar refractivity (Wildman–Crippen MR) is 69.5 cm³/mol. The van der Waals surface area contributed by atoms with E-state index in [1.807, 2.05) is 6.92 Å². The summed E-state index contributed by atoms with van der Waals surface area (Å²) in [6, 6.07) is 4.37. The van der Waals surface area contributed by atoms with Gasteiger partial charge in [0.15, 0.2) is 5.82 Å². The first-order chi connectivity index (χ1) is 8.56. The van der Waals surface area contributed by atoms with Gasteiger partial charge in [-0.3, -0.25) is 0 Å². The molecule has 0 saturated carbocycles. The van der Waals surface area contributed by atoms with Crippen LogP contribution in [0, 0.1) is 12.7 Å². The number of benzene rings is 1. The highest BCUT2D eigenvalue weighted by atomic mass is 79.9. The molecule has 0 fully saturated rings. The zero-order valence-corrected chi connectivity index (χ0v) is 11.4. The number of hydrogen-bond acceptors (Lipinski definition) is 3. The molecule has 1 aromatic heterocycles. The smallest absolute Gasteiger partial charge is 0.157 e. The Balaban J connectivity index is 2.18. The second-order valence-corrected chi connectivity index (χ2v) is 4.93. The Morgan fingerprint density at radius 2 is 2.00 bits per heavy atom. The Bertz CT molecular complexity index is 545. The molecule has 0 aliphatic carbocycles. The molecule has 0 saturated heterocycles. The van der Waals surface area contributed by atoms with Crippen molar-refractivity contribution in [1.82, 2.24) is 9.97 Å². The Labute approximate surface area is 113 Å². The molecule has 1 unspecified atom stereocenters. The van der Waals surface area contributed by atoms with Gasteiger partial charge in [0.25, 0.3) is 0 Å². The van der Waals surface area contributed by atoms with Crippen LogP contribution < -0.4 is 0 Å². The minimum atomic E-state index is -0.844. The standard InChI is InChI=1S/C13H12BrFN2O/c1-8-6-16-13(17-7-8)12(18)5-9-4-10(15)2-3-11(9)14/h2-4,6-7,12,18H,5H2,1H3. The lowest BCUT2D eigenvalue weighted by atomic mass is 10.1. The summed E-state index contributed by atoms with van der Waals surface area (Å²) in [4.78, 5) is 8.11. The van der Waals surface area contributed by atoms with E-state index in [4.69, 9.17) is 0 Å². The summed E-state index contributed by atoms with van der Waals surface area (Å²) < 4.78 is 13.9. The van der Waals surface area contributed by atoms with E-state index in [2.05, 4.69) is 25.9 Å². The molecule has 0 aliphatic rings. The van der Waals surface area contributed by atoms with Gasteiger partial charge in [0, 0.05) is 23.3 Å². The molecule has 5 heteroatoms. The number of rotatable bonds is 3. The Morgan fingerprint density at radius 1 is 1.33 bits per heavy atom. The van der Waals surface area contributed by atoms with Crippen LogP contribution in [0.15, 0.2) is 35.1 Å². The van der Waals surface area contributed by atoms with Crippen LogP contribution in [-0.4, -0.2) is 15.1 Å². The van der Waals surface area contributed by atoms with E-state index in [1.165, 1.54) is 12.1 Å². The average molecular weight is 311 g/mol. The van der Waals surface area contributed by atoms with Crippen molar-refractivity contribution in [1.29, 1.82) is 0 Å². The Hall–Kier alpha value is -1.33. The highest BCUT2D eigenvalue weighted by Gasteiger charge is 2.13. The first kappa shape index (κ1) is 13.1. The fraction of sp³-hybridized carbons (Fsp3) is 0.231. The van der Waals surface area contributed by atoms with Crippen LogP contribution in [0.25, 0.3) is 0 Å². The SMILES string of the molecule is Cc1cnc(C(O)Cc2cc(F)ccc2Br)nc1. The summed E-state index contributed by atoms with van der Waals surface area (Å²) in [6.07, 6.45) is 2.71. The predicted octanol–water partition coefficient (Wildman–Crippen LogP) is 2.96. The van der Waals surface area contributed by atoms with E-state index < -0.39 is 6.10 Å². The molecule has 2 rings (SSSR count). The van der Waals surface area contributed by atoms with Crippen LogP contribution >= 0.6 is 15.9 Å². The zero-order valence-electron chi connectivity index (χ0n) is 9.77. The summed E-state index contributed by atoms with van der Waals surface area (Å²) in [7, 11) is 0. The van der Waals surface area contributed by atoms with Crippen molar-refractivity contribution in [2.24, 2.45) is 0 Å². The summed E-state index contributed by atoms with van der Waals surface area (Å²) in [5.41, 5.74) is 1.62. The fourth-order valence-corrected chi connectivity index (χ4v) is 1.98. The molecule has 0 radical (unpaired) electrons. The van der Waals surface area contributed by atoms with E-state index >= 15 is 0 Å². The second kappa shape index (κ2) is 5.54. The normalized spacial score (nSPS) is 12.4. The van der Waals surface area contributed by atoms with Gasteiger partial charge in [0.1, 0.15) is 11.9 Å². The first-order valence-corrected chi connectivity index (χ1v) is 6.26. The molecule has 1 N–H and O–H groups in total. The lowest BCUT2D eigenvalue weighted by Crippen LogP contribution is -2.07. The summed E-state index contributed by atoms with van der Waals surface area (Å²) in [5, 5.41) is 10.0. The van der Waals surface area contributed by atoms with Crippen molar-refractivity contribution < 1.29 is 9.50 Å². The molecule has 3 nitrogen and oxygen atoms in total. The van der Waals surface area contributed by atoms with E-state index in [0.717, 1.165) is 10.0 Å². The Kier molecular flexibility index (Phi) is 4.04. The number of aromatic nitrogens is 2. The first-order valence-electron chi connectivity index (χ1n) is 5.47. The third-order valence-corrected chi connectivity index (χ3v) is 3.29. The lowest BCUT2D eigenvalue weighted by molar-refractivity contribution is 0.168. The highest BCUT2D eigenvalue weighted by Crippen LogP contribution is 2.23. The van der Waals surface area contributed by atoms with E-state index in [0.29, 0.717) is 11.4 Å². The molecular formula is C13H12BrFN2O. The third kappa shape index (κ3) is 3.11. The van der Waals surface area contributed by atoms with Gasteiger partial charge in [-0.05, 0) is 36.2 Å². The second-order valence-electron chi connectivity index (χ2n) is 4.07. The van der Waals surface area contributed by atoms with E-state index in [9.17, 15) is 9.50 Å². The van der Waals surface area contributed by atoms with Crippen molar-refractivity contribution in [2.75, 3.05) is 0 Å². The molecule has 1 atom stereocenters. The van der Waals surface area contributed by atoms with Crippen molar-refractivity contribution in [3.8, 4) is 0 Å². The van der Waals surface area contributed by atoms with Crippen LogP contribution in [0.4, 0.5) is 4.39 Å². The molecule has 0 amide bonds. The topological polar surface area (TPSA) is 46.0 Å². The van der Waals surface area contributed by atoms with E-state index in [-0.39, 0.29) is 12.2 Å². The molecular weight excluding hydrogens is 299 g/mol. The van der Waals surface area contributed by atoms with Crippen LogP contribution in [-0.2, 0) is 6.42 Å². The minimum absolute atomic E-state index is 0.265. The fourth-order valence-electron chi connectivity index (χ4n) is 1.57. The lowest BCUT2D eigenvalue weighted by Gasteiger charge is -2.10. The maximum Gasteiger partial charge on any atom is 0.157 e. The average Bonchev–Trinajstić information content (AvgIpc) is 2.34. The van der Waals surface area contributed by atoms with Crippen LogP contribution in [0.3, 0.4) is 0 Å². The van der Waals surface area contributed by atoms with Gasteiger partial charge in [0.05, 0.1) is 0 Å². The molecule has 0 bridgehead atoms. The number of nitrogens with zero attached hydrogens (tertiary/aromatic N) is 2. The van der Waals surface area contributed by atoms with Crippen molar-refractivity contribution in [3.05, 3.63) is 57.8 Å². The molecule has 1 aromatic carbocycles. The van der Waals surface area contributed by atoms with Crippen molar-refractivity contribution in [2.45, 2.75) is 19.4 Å². The monoisotopic (exact) mass is 310 g/mol. The maximum atomic E-state index is 13.1. The number of aliphatic hydroxyl groups excluding tert-OH is 1. The number of halogens is 2. The van der Waals surface area contributed by atoms with Gasteiger partial charge in [-0.2, -0.15) is 0 Å². The molecule has 18 heavy (non-hydrogen) atoms. The van der Waals surface area contributed by atoms with Gasteiger partial charge < -0.3 is 5.11 Å². The van der Waals surface area contributed by atoms with Gasteiger partial charge in [-0.25, -0.2) is 14.4 Å². The minimum Gasteiger partial charge on any atom is -0.385 e. The van der Waals surface area contributed by atoms with Gasteiger partial charge in [-0.15, -0.1) is 0 Å². The molecule has 2 aromatic rings. The highest BCUT2D eigenvalue weighted by molar-refractivity contribution is 9.10. The molecule has 1 heterocycles. The Morgan fingerprint density at radius 3 is 2.67 bits per heavy atom. The van der Waals surface area contributed by atoms with Gasteiger partial charge >= 0.3 is 0 Å². The summed E-state index contributed by atoms with van der Waals surface area (Å²) in [6.45, 7) is 1.87. The number of hydrogen-bond donors (Lipinski definition) is 1. The molecule has 94 valence electrons. The van der Waals surface area contributed by atoms with Crippen molar-refractivity contribution in [3.63, 3.8) is 0 Å². The quantitative estimate of drug-likeness (QED) is 0.948.